The van der Waals surface area contributed by atoms with Crippen LogP contribution in [0.3, 0.4) is 0 Å². The minimum atomic E-state index is -0.304. The summed E-state index contributed by atoms with van der Waals surface area (Å²) in [5.41, 5.74) is 0.441. The summed E-state index contributed by atoms with van der Waals surface area (Å²) < 4.78 is 5.38. The monoisotopic (exact) mass is 264 g/mol. The van der Waals surface area contributed by atoms with Crippen LogP contribution in [-0.4, -0.2) is 43.5 Å². The van der Waals surface area contributed by atoms with E-state index in [0.717, 1.165) is 0 Å². The number of benzene rings is 1. The number of nitrogens with one attached hydrogen (secondary N) is 1. The van der Waals surface area contributed by atoms with Crippen molar-refractivity contribution in [2.45, 2.75) is 13.8 Å². The van der Waals surface area contributed by atoms with Gasteiger partial charge in [0.25, 0.3) is 5.91 Å². The summed E-state index contributed by atoms with van der Waals surface area (Å²) in [6.45, 7) is 4.83. The molecule has 0 unspecified atom stereocenters. The standard InChI is InChI=1S/C14H20N2O3/c1-4-16(3)13(17)10-15-14(18)11-8-6-7-9-12(11)19-5-2/h6-9H,4-5,10H2,1-3H3,(H,15,18). The van der Waals surface area contributed by atoms with Crippen molar-refractivity contribution < 1.29 is 14.3 Å². The van der Waals surface area contributed by atoms with Gasteiger partial charge in [-0.05, 0) is 26.0 Å². The number of rotatable bonds is 6. The van der Waals surface area contributed by atoms with Crippen LogP contribution in [0.15, 0.2) is 24.3 Å². The molecule has 0 atom stereocenters. The molecule has 104 valence electrons. The molecule has 5 nitrogen and oxygen atoms in total. The van der Waals surface area contributed by atoms with Gasteiger partial charge in [0.15, 0.2) is 0 Å². The maximum atomic E-state index is 12.0. The molecule has 5 heteroatoms. The number of carbonyl (C=O) groups is 2. The minimum absolute atomic E-state index is 0.0103. The van der Waals surface area contributed by atoms with Crippen LogP contribution in [0.5, 0.6) is 5.75 Å². The molecule has 0 aromatic heterocycles. The van der Waals surface area contributed by atoms with Crippen LogP contribution >= 0.6 is 0 Å². The molecular formula is C14H20N2O3. The Morgan fingerprint density at radius 2 is 1.95 bits per heavy atom. The van der Waals surface area contributed by atoms with Gasteiger partial charge in [-0.3, -0.25) is 9.59 Å². The van der Waals surface area contributed by atoms with E-state index in [-0.39, 0.29) is 18.4 Å². The first-order valence-electron chi connectivity index (χ1n) is 6.34. The van der Waals surface area contributed by atoms with Crippen molar-refractivity contribution in [2.75, 3.05) is 26.7 Å². The second-order valence-electron chi connectivity index (χ2n) is 4.02. The second-order valence-corrected chi connectivity index (χ2v) is 4.02. The molecule has 0 bridgehead atoms. The quantitative estimate of drug-likeness (QED) is 0.842. The van der Waals surface area contributed by atoms with Crippen LogP contribution < -0.4 is 10.1 Å². The van der Waals surface area contributed by atoms with Gasteiger partial charge in [0, 0.05) is 13.6 Å². The van der Waals surface area contributed by atoms with Crippen molar-refractivity contribution in [3.8, 4) is 5.75 Å². The first-order valence-corrected chi connectivity index (χ1v) is 6.34. The maximum absolute atomic E-state index is 12.0. The first kappa shape index (κ1) is 15.0. The Labute approximate surface area is 113 Å². The average Bonchev–Trinajstić information content (AvgIpc) is 2.44. The fourth-order valence-electron chi connectivity index (χ4n) is 1.50. The molecule has 0 aliphatic rings. The smallest absolute Gasteiger partial charge is 0.255 e. The number of likely N-dealkylation sites (N-methyl/N-ethyl adjacent to an activating group) is 1. The van der Waals surface area contributed by atoms with Crippen LogP contribution in [0, 0.1) is 0 Å². The number of nitrogens with zero attached hydrogens (tertiary/aromatic N) is 1. The fraction of sp³-hybridized carbons (Fsp3) is 0.429. The number of hydrogen-bond acceptors (Lipinski definition) is 3. The minimum Gasteiger partial charge on any atom is -0.493 e. The summed E-state index contributed by atoms with van der Waals surface area (Å²) in [6.07, 6.45) is 0. The number of ether oxygens (including phenoxy) is 1. The topological polar surface area (TPSA) is 58.6 Å². The molecular weight excluding hydrogens is 244 g/mol. The van der Waals surface area contributed by atoms with E-state index in [0.29, 0.717) is 24.5 Å². The summed E-state index contributed by atoms with van der Waals surface area (Å²) in [4.78, 5) is 25.1. The highest BCUT2D eigenvalue weighted by molar-refractivity contribution is 5.98. The zero-order chi connectivity index (χ0) is 14.3. The average molecular weight is 264 g/mol. The van der Waals surface area contributed by atoms with E-state index in [1.807, 2.05) is 13.8 Å². The summed E-state index contributed by atoms with van der Waals surface area (Å²) in [5.74, 6) is 0.102. The van der Waals surface area contributed by atoms with Crippen molar-refractivity contribution in [1.82, 2.24) is 10.2 Å². The molecule has 0 fully saturated rings. The Hall–Kier alpha value is -2.04. The van der Waals surface area contributed by atoms with Gasteiger partial charge in [-0.2, -0.15) is 0 Å². The Morgan fingerprint density at radius 1 is 1.26 bits per heavy atom. The van der Waals surface area contributed by atoms with Gasteiger partial charge < -0.3 is 15.0 Å². The molecule has 1 rings (SSSR count). The number of amides is 2. The lowest BCUT2D eigenvalue weighted by Gasteiger charge is -2.15. The van der Waals surface area contributed by atoms with Crippen molar-refractivity contribution in [2.24, 2.45) is 0 Å². The summed E-state index contributed by atoms with van der Waals surface area (Å²) in [6, 6.07) is 6.97. The van der Waals surface area contributed by atoms with E-state index in [9.17, 15) is 9.59 Å². The Bertz CT molecular complexity index is 446. The molecule has 0 radical (unpaired) electrons. The van der Waals surface area contributed by atoms with E-state index in [2.05, 4.69) is 5.32 Å². The number of para-hydroxylation sites is 1. The summed E-state index contributed by atoms with van der Waals surface area (Å²) >= 11 is 0. The zero-order valence-electron chi connectivity index (χ0n) is 11.6. The van der Waals surface area contributed by atoms with Crippen LogP contribution in [0.4, 0.5) is 0 Å². The van der Waals surface area contributed by atoms with Gasteiger partial charge in [-0.15, -0.1) is 0 Å². The second kappa shape index (κ2) is 7.41. The van der Waals surface area contributed by atoms with Gasteiger partial charge in [-0.1, -0.05) is 12.1 Å². The third kappa shape index (κ3) is 4.28. The van der Waals surface area contributed by atoms with E-state index in [1.54, 1.807) is 36.2 Å². The van der Waals surface area contributed by atoms with Crippen LogP contribution in [0.2, 0.25) is 0 Å². The molecule has 0 saturated heterocycles. The normalized spacial score (nSPS) is 9.84. The van der Waals surface area contributed by atoms with Crippen molar-refractivity contribution in [3.05, 3.63) is 29.8 Å². The predicted molar refractivity (Wildman–Crippen MR) is 73.3 cm³/mol. The first-order chi connectivity index (χ1) is 9.10. The van der Waals surface area contributed by atoms with Crippen molar-refractivity contribution >= 4 is 11.8 Å². The fourth-order valence-corrected chi connectivity index (χ4v) is 1.50. The van der Waals surface area contributed by atoms with Gasteiger partial charge in [0.2, 0.25) is 5.91 Å². The Balaban J connectivity index is 2.66. The van der Waals surface area contributed by atoms with Crippen molar-refractivity contribution in [1.29, 1.82) is 0 Å². The highest BCUT2D eigenvalue weighted by Gasteiger charge is 2.13. The molecule has 0 aliphatic carbocycles. The van der Waals surface area contributed by atoms with E-state index < -0.39 is 0 Å². The molecule has 1 aromatic rings. The van der Waals surface area contributed by atoms with E-state index >= 15 is 0 Å². The van der Waals surface area contributed by atoms with Gasteiger partial charge >= 0.3 is 0 Å². The maximum Gasteiger partial charge on any atom is 0.255 e. The number of carbonyl (C=O) groups excluding carboxylic acids is 2. The van der Waals surface area contributed by atoms with Crippen LogP contribution in [0.1, 0.15) is 24.2 Å². The van der Waals surface area contributed by atoms with Gasteiger partial charge in [0.1, 0.15) is 5.75 Å². The number of hydrogen-bond donors (Lipinski definition) is 1. The Morgan fingerprint density at radius 3 is 2.58 bits per heavy atom. The van der Waals surface area contributed by atoms with E-state index in [1.165, 1.54) is 0 Å². The van der Waals surface area contributed by atoms with Gasteiger partial charge in [-0.25, -0.2) is 0 Å². The molecule has 0 saturated carbocycles. The van der Waals surface area contributed by atoms with Crippen LogP contribution in [0.25, 0.3) is 0 Å². The lowest BCUT2D eigenvalue weighted by atomic mass is 10.2. The van der Waals surface area contributed by atoms with Crippen LogP contribution in [-0.2, 0) is 4.79 Å². The van der Waals surface area contributed by atoms with Crippen molar-refractivity contribution in [3.63, 3.8) is 0 Å². The third-order valence-corrected chi connectivity index (χ3v) is 2.73. The van der Waals surface area contributed by atoms with E-state index in [4.69, 9.17) is 4.74 Å². The summed E-state index contributed by atoms with van der Waals surface area (Å²) in [5, 5.41) is 2.60. The highest BCUT2D eigenvalue weighted by atomic mass is 16.5. The SMILES string of the molecule is CCOc1ccccc1C(=O)NCC(=O)N(C)CC. The van der Waals surface area contributed by atoms with Gasteiger partial charge in [0.05, 0.1) is 18.7 Å². The Kier molecular flexibility index (Phi) is 5.85. The molecule has 19 heavy (non-hydrogen) atoms. The third-order valence-electron chi connectivity index (χ3n) is 2.73. The zero-order valence-corrected chi connectivity index (χ0v) is 11.6. The molecule has 1 aromatic carbocycles. The highest BCUT2D eigenvalue weighted by Crippen LogP contribution is 2.17. The molecule has 2 amide bonds. The lowest BCUT2D eigenvalue weighted by Crippen LogP contribution is -2.38. The molecule has 0 spiro atoms. The predicted octanol–water partition coefficient (Wildman–Crippen LogP) is 1.29. The molecule has 1 N–H and O–H groups in total. The molecule has 0 heterocycles. The molecule has 0 aliphatic heterocycles. The summed E-state index contributed by atoms with van der Waals surface area (Å²) in [7, 11) is 1.70. The lowest BCUT2D eigenvalue weighted by molar-refractivity contribution is -0.128. The largest absolute Gasteiger partial charge is 0.493 e.